The van der Waals surface area contributed by atoms with E-state index in [4.69, 9.17) is 4.74 Å². The third-order valence-electron chi connectivity index (χ3n) is 5.15. The third kappa shape index (κ3) is 3.95. The van der Waals surface area contributed by atoms with E-state index in [9.17, 15) is 0 Å². The average Bonchev–Trinajstić information content (AvgIpc) is 3.09. The van der Waals surface area contributed by atoms with Gasteiger partial charge in [-0.15, -0.1) is 0 Å². The summed E-state index contributed by atoms with van der Waals surface area (Å²) in [7, 11) is -1.05. The molecule has 1 atom stereocenters. The van der Waals surface area contributed by atoms with Gasteiger partial charge in [-0.25, -0.2) is 0 Å². The first-order chi connectivity index (χ1) is 12.0. The van der Waals surface area contributed by atoms with Crippen LogP contribution in [0.3, 0.4) is 0 Å². The van der Waals surface area contributed by atoms with Crippen LogP contribution in [0.5, 0.6) is 0 Å². The zero-order chi connectivity index (χ0) is 17.4. The van der Waals surface area contributed by atoms with Crippen molar-refractivity contribution in [2.45, 2.75) is 44.6 Å². The number of fused-ring (bicyclic) bond motifs is 1. The highest BCUT2D eigenvalue weighted by Gasteiger charge is 2.36. The molecule has 5 nitrogen and oxygen atoms in total. The fourth-order valence-electron chi connectivity index (χ4n) is 3.37. The fourth-order valence-corrected chi connectivity index (χ4v) is 4.13. The van der Waals surface area contributed by atoms with Crippen molar-refractivity contribution in [1.82, 2.24) is 20.4 Å². The van der Waals surface area contributed by atoms with Crippen LogP contribution in [-0.4, -0.2) is 43.9 Å². The number of rotatable bonds is 7. The van der Waals surface area contributed by atoms with E-state index >= 15 is 0 Å². The lowest BCUT2D eigenvalue weighted by molar-refractivity contribution is 0.0779. The second-order valence-corrected chi connectivity index (χ2v) is 14.3. The predicted molar refractivity (Wildman–Crippen MR) is 104 cm³/mol. The summed E-state index contributed by atoms with van der Waals surface area (Å²) in [6.45, 7) is 9.49. The van der Waals surface area contributed by atoms with Crippen LogP contribution in [0.4, 0.5) is 0 Å². The van der Waals surface area contributed by atoms with Crippen molar-refractivity contribution >= 4 is 8.07 Å². The lowest BCUT2D eigenvalue weighted by Crippen LogP contribution is -2.31. The maximum Gasteiger partial charge on any atom is 0.123 e. The van der Waals surface area contributed by atoms with Gasteiger partial charge in [-0.2, -0.15) is 0 Å². The largest absolute Gasteiger partial charge is 0.377 e. The molecule has 0 aromatic carbocycles. The van der Waals surface area contributed by atoms with Gasteiger partial charge in [0.05, 0.1) is 23.8 Å². The van der Waals surface area contributed by atoms with Crippen LogP contribution in [-0.2, 0) is 4.74 Å². The monoisotopic (exact) mass is 358 g/mol. The van der Waals surface area contributed by atoms with Gasteiger partial charge in [-0.3, -0.25) is 0 Å². The Kier molecular flexibility index (Phi) is 4.41. The summed E-state index contributed by atoms with van der Waals surface area (Å²) in [4.78, 5) is 4.50. The van der Waals surface area contributed by atoms with Gasteiger partial charge in [0.2, 0.25) is 0 Å². The van der Waals surface area contributed by atoms with Crippen molar-refractivity contribution in [2.24, 2.45) is 5.92 Å². The zero-order valence-corrected chi connectivity index (χ0v) is 16.6. The number of nitrogens with one attached hydrogen (secondary N) is 2. The lowest BCUT2D eigenvalue weighted by Gasteiger charge is -2.30. The first-order valence-electron chi connectivity index (χ1n) is 9.43. The molecule has 3 aliphatic heterocycles. The molecule has 0 bridgehead atoms. The summed E-state index contributed by atoms with van der Waals surface area (Å²) in [5.41, 5.74) is 3.72. The number of ether oxygens (including phenoxy) is 1. The topological polar surface area (TPSA) is 39.8 Å². The van der Waals surface area contributed by atoms with E-state index in [2.05, 4.69) is 64.6 Å². The summed E-state index contributed by atoms with van der Waals surface area (Å²) in [5, 5.41) is 6.96. The van der Waals surface area contributed by atoms with Crippen molar-refractivity contribution in [3.8, 4) is 0 Å². The molecule has 0 aromatic rings. The van der Waals surface area contributed by atoms with Crippen molar-refractivity contribution < 1.29 is 4.74 Å². The molecular weight excluding hydrogens is 328 g/mol. The van der Waals surface area contributed by atoms with Crippen molar-refractivity contribution in [2.75, 3.05) is 20.0 Å². The molecule has 4 rings (SSSR count). The summed E-state index contributed by atoms with van der Waals surface area (Å²) < 4.78 is 6.05. The molecule has 6 heteroatoms. The summed E-state index contributed by atoms with van der Waals surface area (Å²) in [6, 6.07) is 1.70. The number of hydrogen-bond donors (Lipinski definition) is 2. The highest BCUT2D eigenvalue weighted by atomic mass is 28.3. The minimum Gasteiger partial charge on any atom is -0.377 e. The first kappa shape index (κ1) is 16.8. The van der Waals surface area contributed by atoms with Gasteiger partial charge in [-0.1, -0.05) is 19.6 Å². The lowest BCUT2D eigenvalue weighted by atomic mass is 10.2. The van der Waals surface area contributed by atoms with E-state index in [0.29, 0.717) is 12.8 Å². The Labute approximate surface area is 152 Å². The van der Waals surface area contributed by atoms with Crippen LogP contribution in [0.25, 0.3) is 0 Å². The molecule has 25 heavy (non-hydrogen) atoms. The van der Waals surface area contributed by atoms with E-state index in [0.717, 1.165) is 19.2 Å². The normalized spacial score (nSPS) is 25.2. The Balaban J connectivity index is 1.46. The van der Waals surface area contributed by atoms with Crippen LogP contribution >= 0.6 is 0 Å². The van der Waals surface area contributed by atoms with Crippen molar-refractivity contribution in [1.29, 1.82) is 0 Å². The van der Waals surface area contributed by atoms with Gasteiger partial charge >= 0.3 is 0 Å². The third-order valence-corrected chi connectivity index (χ3v) is 6.85. The molecule has 2 N–H and O–H groups in total. The highest BCUT2D eigenvalue weighted by Crippen LogP contribution is 2.39. The number of allylic oxidation sites excluding steroid dienone is 1. The van der Waals surface area contributed by atoms with E-state index in [1.807, 2.05) is 6.20 Å². The van der Waals surface area contributed by atoms with E-state index in [1.165, 1.54) is 36.0 Å². The van der Waals surface area contributed by atoms with E-state index < -0.39 is 8.07 Å². The molecule has 3 heterocycles. The summed E-state index contributed by atoms with van der Waals surface area (Å²) >= 11 is 0. The fraction of sp³-hybridized carbons (Fsp3) is 0.579. The Bertz CT molecular complexity index is 642. The molecular formula is C19H30N4OSi. The van der Waals surface area contributed by atoms with Crippen LogP contribution in [0, 0.1) is 5.92 Å². The molecule has 0 radical (unpaired) electrons. The van der Waals surface area contributed by atoms with Crippen LogP contribution in [0.15, 0.2) is 47.8 Å². The highest BCUT2D eigenvalue weighted by molar-refractivity contribution is 6.76. The Hall–Kier alpha value is -1.66. The summed E-state index contributed by atoms with van der Waals surface area (Å²) in [6.07, 6.45) is 13.7. The summed E-state index contributed by atoms with van der Waals surface area (Å²) in [5.74, 6) is 0.811. The Morgan fingerprint density at radius 2 is 2.12 bits per heavy atom. The minimum atomic E-state index is -1.05. The Morgan fingerprint density at radius 1 is 1.28 bits per heavy atom. The number of hydrogen-bond acceptors (Lipinski definition) is 5. The average molecular weight is 359 g/mol. The standard InChI is InChI=1S/C19H30N4OSi/c1-25(2,3)9-8-24-14-23-12-16(22-7-6-20-13-22)10-18-19(23)11-17(21-18)15-4-5-15/h6-7,10-12,15,17,20-21H,4-5,8-9,13-14H2,1-3H3. The van der Waals surface area contributed by atoms with E-state index in [1.54, 1.807) is 0 Å². The Morgan fingerprint density at radius 3 is 2.80 bits per heavy atom. The second kappa shape index (κ2) is 6.57. The number of nitrogens with zero attached hydrogens (tertiary/aromatic N) is 2. The SMILES string of the molecule is C[Si](C)(C)CCOCN1C=C(N2C=CNC2)C=C2NC(C3CC3)C=C21. The molecule has 4 aliphatic rings. The van der Waals surface area contributed by atoms with Crippen molar-refractivity contribution in [3.63, 3.8) is 0 Å². The molecule has 1 unspecified atom stereocenters. The molecule has 0 saturated heterocycles. The van der Waals surface area contributed by atoms with Crippen LogP contribution < -0.4 is 10.6 Å². The first-order valence-corrected chi connectivity index (χ1v) is 13.1. The maximum atomic E-state index is 6.05. The maximum absolute atomic E-state index is 6.05. The van der Waals surface area contributed by atoms with Gasteiger partial charge in [0, 0.05) is 39.3 Å². The molecule has 0 amide bonds. The molecule has 0 aromatic heterocycles. The van der Waals surface area contributed by atoms with Crippen LogP contribution in [0.2, 0.25) is 25.7 Å². The predicted octanol–water partition coefficient (Wildman–Crippen LogP) is 2.94. The minimum absolute atomic E-state index is 0.491. The molecule has 1 aliphatic carbocycles. The van der Waals surface area contributed by atoms with Gasteiger partial charge < -0.3 is 25.2 Å². The van der Waals surface area contributed by atoms with Gasteiger partial charge in [0.25, 0.3) is 0 Å². The molecule has 0 spiro atoms. The van der Waals surface area contributed by atoms with E-state index in [-0.39, 0.29) is 0 Å². The van der Waals surface area contributed by atoms with Crippen molar-refractivity contribution in [3.05, 3.63) is 47.8 Å². The van der Waals surface area contributed by atoms with Gasteiger partial charge in [-0.05, 0) is 37.0 Å². The molecule has 1 saturated carbocycles. The van der Waals surface area contributed by atoms with Gasteiger partial charge in [0.15, 0.2) is 0 Å². The quantitative estimate of drug-likeness (QED) is 0.541. The second-order valence-electron chi connectivity index (χ2n) is 8.64. The van der Waals surface area contributed by atoms with Gasteiger partial charge in [0.1, 0.15) is 6.73 Å². The van der Waals surface area contributed by atoms with Crippen LogP contribution in [0.1, 0.15) is 12.8 Å². The zero-order valence-electron chi connectivity index (χ0n) is 15.6. The molecule has 1 fully saturated rings. The smallest absolute Gasteiger partial charge is 0.123 e. The molecule has 136 valence electrons.